The Labute approximate surface area is 91.3 Å². The predicted octanol–water partition coefficient (Wildman–Crippen LogP) is 1.39. The topological polar surface area (TPSA) is 91.7 Å². The van der Waals surface area contributed by atoms with Crippen LogP contribution in [0.25, 0.3) is 0 Å². The molecule has 0 radical (unpaired) electrons. The van der Waals surface area contributed by atoms with Gasteiger partial charge >= 0.3 is 11.9 Å². The van der Waals surface area contributed by atoms with Crippen LogP contribution in [0.4, 0.5) is 0 Å². The van der Waals surface area contributed by atoms with E-state index in [1.807, 2.05) is 0 Å². The summed E-state index contributed by atoms with van der Waals surface area (Å²) in [7, 11) is 0. The molecule has 1 aromatic carbocycles. The molecule has 0 aliphatic heterocycles. The fourth-order valence-electron chi connectivity index (χ4n) is 1.34. The molecular weight excluding hydrogens is 212 g/mol. The maximum atomic E-state index is 10.9. The molecule has 2 N–H and O–H groups in total. The average Bonchev–Trinajstić information content (AvgIpc) is 2.26. The molecule has 84 valence electrons. The molecule has 0 aliphatic rings. The van der Waals surface area contributed by atoms with E-state index in [1.165, 1.54) is 12.1 Å². The summed E-state index contributed by atoms with van der Waals surface area (Å²) in [4.78, 5) is 32.2. The molecule has 5 heteroatoms. The van der Waals surface area contributed by atoms with E-state index < -0.39 is 17.9 Å². The van der Waals surface area contributed by atoms with Crippen LogP contribution in [0, 0.1) is 0 Å². The molecule has 0 heterocycles. The third-order valence-electron chi connectivity index (χ3n) is 2.23. The molecule has 5 nitrogen and oxygen atoms in total. The smallest absolute Gasteiger partial charge is 0.336 e. The molecule has 0 amide bonds. The number of hydrogen-bond donors (Lipinski definition) is 2. The second-order valence-corrected chi connectivity index (χ2v) is 3.34. The van der Waals surface area contributed by atoms with Gasteiger partial charge < -0.3 is 15.0 Å². The lowest BCUT2D eigenvalue weighted by atomic mass is 9.95. The molecule has 0 spiro atoms. The molecular formula is C11H10O5. The molecule has 0 aliphatic carbocycles. The van der Waals surface area contributed by atoms with Crippen molar-refractivity contribution in [3.05, 3.63) is 34.9 Å². The fraction of sp³-hybridized carbons (Fsp3) is 0.182. The van der Waals surface area contributed by atoms with E-state index >= 15 is 0 Å². The Morgan fingerprint density at radius 3 is 2.31 bits per heavy atom. The van der Waals surface area contributed by atoms with Crippen molar-refractivity contribution in [1.82, 2.24) is 0 Å². The summed E-state index contributed by atoms with van der Waals surface area (Å²) in [5.41, 5.74) is 0.0475. The zero-order valence-corrected chi connectivity index (χ0v) is 8.51. The molecule has 1 rings (SSSR count). The third kappa shape index (κ3) is 2.25. The number of aromatic carboxylic acids is 2. The van der Waals surface area contributed by atoms with Gasteiger partial charge in [-0.1, -0.05) is 13.0 Å². The van der Waals surface area contributed by atoms with Crippen LogP contribution in [0.3, 0.4) is 0 Å². The molecule has 0 saturated heterocycles. The zero-order valence-electron chi connectivity index (χ0n) is 8.51. The first-order chi connectivity index (χ1) is 7.47. The van der Waals surface area contributed by atoms with Gasteiger partial charge in [-0.25, -0.2) is 9.59 Å². The number of benzene rings is 1. The lowest BCUT2D eigenvalue weighted by molar-refractivity contribution is -0.108. The van der Waals surface area contributed by atoms with Crippen molar-refractivity contribution in [1.29, 1.82) is 0 Å². The highest BCUT2D eigenvalue weighted by Gasteiger charge is 2.17. The summed E-state index contributed by atoms with van der Waals surface area (Å²) in [6, 6.07) is 3.69. The highest BCUT2D eigenvalue weighted by molar-refractivity contribution is 5.95. The van der Waals surface area contributed by atoms with E-state index in [2.05, 4.69) is 0 Å². The van der Waals surface area contributed by atoms with E-state index in [0.29, 0.717) is 11.8 Å². The minimum Gasteiger partial charge on any atom is -0.478 e. The quantitative estimate of drug-likeness (QED) is 0.751. The number of rotatable bonds is 4. The first kappa shape index (κ1) is 11.9. The summed E-state index contributed by atoms with van der Waals surface area (Å²) >= 11 is 0. The van der Waals surface area contributed by atoms with E-state index in [-0.39, 0.29) is 11.1 Å². The SMILES string of the molecule is CC(C=O)c1ccc(C(=O)O)cc1C(=O)O. The van der Waals surface area contributed by atoms with Crippen molar-refractivity contribution in [2.45, 2.75) is 12.8 Å². The summed E-state index contributed by atoms with van der Waals surface area (Å²) in [6.07, 6.45) is 0.613. The van der Waals surface area contributed by atoms with Crippen LogP contribution >= 0.6 is 0 Å². The lowest BCUT2D eigenvalue weighted by Crippen LogP contribution is -2.09. The summed E-state index contributed by atoms with van der Waals surface area (Å²) in [6.45, 7) is 1.55. The Morgan fingerprint density at radius 2 is 1.88 bits per heavy atom. The summed E-state index contributed by atoms with van der Waals surface area (Å²) < 4.78 is 0. The Balaban J connectivity index is 3.35. The van der Waals surface area contributed by atoms with Crippen molar-refractivity contribution < 1.29 is 24.6 Å². The van der Waals surface area contributed by atoms with Crippen molar-refractivity contribution in [2.75, 3.05) is 0 Å². The molecule has 0 aromatic heterocycles. The predicted molar refractivity (Wildman–Crippen MR) is 54.8 cm³/mol. The van der Waals surface area contributed by atoms with Gasteiger partial charge in [0.1, 0.15) is 6.29 Å². The maximum absolute atomic E-state index is 10.9. The Morgan fingerprint density at radius 1 is 1.25 bits per heavy atom. The first-order valence-electron chi connectivity index (χ1n) is 4.53. The fourth-order valence-corrected chi connectivity index (χ4v) is 1.34. The minimum absolute atomic E-state index is 0.112. The second-order valence-electron chi connectivity index (χ2n) is 3.34. The number of carboxylic acid groups (broad SMARTS) is 2. The van der Waals surface area contributed by atoms with Crippen LogP contribution in [-0.4, -0.2) is 28.4 Å². The summed E-state index contributed by atoms with van der Waals surface area (Å²) in [5.74, 6) is -3.02. The standard InChI is InChI=1S/C11H10O5/c1-6(5-12)8-3-2-7(10(13)14)4-9(8)11(15)16/h2-6H,1H3,(H,13,14)(H,15,16). The van der Waals surface area contributed by atoms with Crippen LogP contribution < -0.4 is 0 Å². The van der Waals surface area contributed by atoms with Crippen molar-refractivity contribution in [2.24, 2.45) is 0 Å². The van der Waals surface area contributed by atoms with Gasteiger partial charge in [-0.15, -0.1) is 0 Å². The van der Waals surface area contributed by atoms with Crippen molar-refractivity contribution >= 4 is 18.2 Å². The molecule has 1 atom stereocenters. The normalized spacial score (nSPS) is 11.8. The Kier molecular flexibility index (Phi) is 3.40. The number of aldehydes is 1. The molecule has 1 unspecified atom stereocenters. The van der Waals surface area contributed by atoms with Gasteiger partial charge in [0.05, 0.1) is 11.1 Å². The van der Waals surface area contributed by atoms with Crippen molar-refractivity contribution in [3.63, 3.8) is 0 Å². The van der Waals surface area contributed by atoms with Gasteiger partial charge in [0, 0.05) is 5.92 Å². The maximum Gasteiger partial charge on any atom is 0.336 e. The van der Waals surface area contributed by atoms with Gasteiger partial charge in [0.15, 0.2) is 0 Å². The van der Waals surface area contributed by atoms with E-state index in [4.69, 9.17) is 10.2 Å². The highest BCUT2D eigenvalue weighted by atomic mass is 16.4. The van der Waals surface area contributed by atoms with Crippen LogP contribution in [-0.2, 0) is 4.79 Å². The van der Waals surface area contributed by atoms with Gasteiger partial charge in [-0.05, 0) is 17.7 Å². The Bertz CT molecular complexity index is 450. The van der Waals surface area contributed by atoms with E-state index in [9.17, 15) is 14.4 Å². The zero-order chi connectivity index (χ0) is 12.3. The van der Waals surface area contributed by atoms with E-state index in [1.54, 1.807) is 6.92 Å². The molecule has 0 saturated carbocycles. The highest BCUT2D eigenvalue weighted by Crippen LogP contribution is 2.20. The number of hydrogen-bond acceptors (Lipinski definition) is 3. The van der Waals surface area contributed by atoms with Gasteiger partial charge in [0.2, 0.25) is 0 Å². The van der Waals surface area contributed by atoms with Crippen molar-refractivity contribution in [3.8, 4) is 0 Å². The number of carboxylic acids is 2. The third-order valence-corrected chi connectivity index (χ3v) is 2.23. The van der Waals surface area contributed by atoms with E-state index in [0.717, 1.165) is 6.07 Å². The minimum atomic E-state index is -1.24. The van der Waals surface area contributed by atoms with Crippen LogP contribution in [0.5, 0.6) is 0 Å². The van der Waals surface area contributed by atoms with Gasteiger partial charge in [0.25, 0.3) is 0 Å². The average molecular weight is 222 g/mol. The molecule has 1 aromatic rings. The van der Waals surface area contributed by atoms with Crippen LogP contribution in [0.15, 0.2) is 18.2 Å². The van der Waals surface area contributed by atoms with Gasteiger partial charge in [-0.3, -0.25) is 0 Å². The molecule has 16 heavy (non-hydrogen) atoms. The van der Waals surface area contributed by atoms with Crippen LogP contribution in [0.1, 0.15) is 39.1 Å². The number of carbonyl (C=O) groups is 3. The van der Waals surface area contributed by atoms with Gasteiger partial charge in [-0.2, -0.15) is 0 Å². The first-order valence-corrected chi connectivity index (χ1v) is 4.53. The Hall–Kier alpha value is -2.17. The summed E-state index contributed by atoms with van der Waals surface area (Å²) in [5, 5.41) is 17.6. The number of carbonyl (C=O) groups excluding carboxylic acids is 1. The van der Waals surface area contributed by atoms with Crippen LogP contribution in [0.2, 0.25) is 0 Å². The second kappa shape index (κ2) is 4.57. The molecule has 0 fully saturated rings. The lowest BCUT2D eigenvalue weighted by Gasteiger charge is -2.09. The molecule has 0 bridgehead atoms. The monoisotopic (exact) mass is 222 g/mol. The largest absolute Gasteiger partial charge is 0.478 e.